The fourth-order valence-corrected chi connectivity index (χ4v) is 1.92. The predicted molar refractivity (Wildman–Crippen MR) is 92.0 cm³/mol. The van der Waals surface area contributed by atoms with E-state index in [0.717, 1.165) is 37.0 Å². The summed E-state index contributed by atoms with van der Waals surface area (Å²) >= 11 is 0. The van der Waals surface area contributed by atoms with Gasteiger partial charge in [-0.3, -0.25) is 0 Å². The molecule has 0 saturated heterocycles. The highest BCUT2D eigenvalue weighted by Gasteiger charge is 2.08. The molecule has 0 heterocycles. The van der Waals surface area contributed by atoms with E-state index < -0.39 is 0 Å². The summed E-state index contributed by atoms with van der Waals surface area (Å²) in [5, 5.41) is 6.56. The van der Waals surface area contributed by atoms with Gasteiger partial charge in [-0.25, -0.2) is 4.99 Å². The topological polar surface area (TPSA) is 54.9 Å². The Morgan fingerprint density at radius 2 is 1.91 bits per heavy atom. The third-order valence-corrected chi connectivity index (χ3v) is 3.07. The van der Waals surface area contributed by atoms with Crippen molar-refractivity contribution in [3.63, 3.8) is 0 Å². The number of benzene rings is 1. The third-order valence-electron chi connectivity index (χ3n) is 3.07. The van der Waals surface area contributed by atoms with Crippen LogP contribution in [0.25, 0.3) is 0 Å². The number of hydrogen-bond acceptors (Lipinski definition) is 3. The second-order valence-electron chi connectivity index (χ2n) is 5.08. The van der Waals surface area contributed by atoms with Crippen LogP contribution < -0.4 is 20.1 Å². The predicted octanol–water partition coefficient (Wildman–Crippen LogP) is 2.82. The molecule has 0 spiro atoms. The monoisotopic (exact) mass is 307 g/mol. The van der Waals surface area contributed by atoms with E-state index in [9.17, 15) is 0 Å². The first-order valence-electron chi connectivity index (χ1n) is 8.03. The Morgan fingerprint density at radius 3 is 2.55 bits per heavy atom. The second-order valence-corrected chi connectivity index (χ2v) is 5.08. The number of nitrogens with zero attached hydrogens (tertiary/aromatic N) is 1. The largest absolute Gasteiger partial charge is 0.493 e. The van der Waals surface area contributed by atoms with E-state index in [1.54, 1.807) is 7.11 Å². The first-order chi connectivity index (χ1) is 10.7. The Morgan fingerprint density at radius 1 is 1.18 bits per heavy atom. The van der Waals surface area contributed by atoms with Crippen molar-refractivity contribution in [1.82, 2.24) is 10.6 Å². The highest BCUT2D eigenvalue weighted by atomic mass is 16.5. The van der Waals surface area contributed by atoms with Gasteiger partial charge in [-0.2, -0.15) is 0 Å². The quantitative estimate of drug-likeness (QED) is 0.418. The maximum Gasteiger partial charge on any atom is 0.191 e. The smallest absolute Gasteiger partial charge is 0.191 e. The first-order valence-corrected chi connectivity index (χ1v) is 8.03. The molecular weight excluding hydrogens is 278 g/mol. The molecule has 5 nitrogen and oxygen atoms in total. The number of rotatable bonds is 9. The summed E-state index contributed by atoms with van der Waals surface area (Å²) < 4.78 is 11.2. The lowest BCUT2D eigenvalue weighted by Gasteiger charge is -2.16. The number of hydrogen-bond donors (Lipinski definition) is 2. The van der Waals surface area contributed by atoms with Crippen LogP contribution in [0.15, 0.2) is 29.3 Å². The van der Waals surface area contributed by atoms with Gasteiger partial charge in [0.25, 0.3) is 0 Å². The molecule has 0 amide bonds. The van der Waals surface area contributed by atoms with Gasteiger partial charge in [0.15, 0.2) is 17.5 Å². The molecule has 0 aromatic heterocycles. The molecule has 0 aliphatic rings. The summed E-state index contributed by atoms with van der Waals surface area (Å²) in [5.74, 6) is 2.33. The number of para-hydroxylation sites is 2. The summed E-state index contributed by atoms with van der Waals surface area (Å²) in [5.41, 5.74) is 0. The van der Waals surface area contributed by atoms with Crippen LogP contribution in [0.3, 0.4) is 0 Å². The molecule has 1 aromatic carbocycles. The minimum atomic E-state index is -0.0297. The molecule has 1 aromatic rings. The van der Waals surface area contributed by atoms with Crippen LogP contribution >= 0.6 is 0 Å². The van der Waals surface area contributed by atoms with Crippen molar-refractivity contribution >= 4 is 5.96 Å². The van der Waals surface area contributed by atoms with E-state index in [4.69, 9.17) is 9.47 Å². The van der Waals surface area contributed by atoms with Gasteiger partial charge in [-0.05, 0) is 32.4 Å². The van der Waals surface area contributed by atoms with Crippen LogP contribution in [0, 0.1) is 0 Å². The van der Waals surface area contributed by atoms with E-state index in [1.165, 1.54) is 6.42 Å². The Bertz CT molecular complexity index is 449. The van der Waals surface area contributed by atoms with Crippen LogP contribution in [-0.2, 0) is 0 Å². The minimum Gasteiger partial charge on any atom is -0.493 e. The second kappa shape index (κ2) is 10.8. The summed E-state index contributed by atoms with van der Waals surface area (Å²) in [7, 11) is 1.64. The van der Waals surface area contributed by atoms with Crippen molar-refractivity contribution in [2.24, 2.45) is 4.99 Å². The molecule has 124 valence electrons. The number of unbranched alkanes of at least 4 members (excludes halogenated alkanes) is 1. The van der Waals surface area contributed by atoms with E-state index in [1.807, 2.05) is 31.2 Å². The number of ether oxygens (including phenoxy) is 2. The Labute approximate surface area is 134 Å². The van der Waals surface area contributed by atoms with Crippen LogP contribution in [0.4, 0.5) is 0 Å². The summed E-state index contributed by atoms with van der Waals surface area (Å²) in [6.07, 6.45) is 2.27. The average Bonchev–Trinajstić information content (AvgIpc) is 2.53. The lowest BCUT2D eigenvalue weighted by molar-refractivity contribution is 0.219. The Kier molecular flexibility index (Phi) is 8.88. The van der Waals surface area contributed by atoms with Crippen molar-refractivity contribution in [1.29, 1.82) is 0 Å². The van der Waals surface area contributed by atoms with Crippen molar-refractivity contribution in [3.05, 3.63) is 24.3 Å². The van der Waals surface area contributed by atoms with Gasteiger partial charge >= 0.3 is 0 Å². The zero-order valence-corrected chi connectivity index (χ0v) is 14.2. The van der Waals surface area contributed by atoms with Crippen LogP contribution in [-0.4, -0.2) is 38.8 Å². The molecule has 0 bridgehead atoms. The first kappa shape index (κ1) is 18.1. The molecule has 0 fully saturated rings. The summed E-state index contributed by atoms with van der Waals surface area (Å²) in [6, 6.07) is 7.66. The molecule has 0 saturated carbocycles. The molecule has 0 radical (unpaired) electrons. The van der Waals surface area contributed by atoms with Gasteiger partial charge in [0, 0.05) is 13.1 Å². The maximum absolute atomic E-state index is 5.90. The SMILES string of the molecule is CCCCNC(=NCC(C)Oc1ccccc1OC)NCC. The van der Waals surface area contributed by atoms with Gasteiger partial charge in [0.05, 0.1) is 13.7 Å². The lowest BCUT2D eigenvalue weighted by Crippen LogP contribution is -2.38. The number of aliphatic imine (C=N–C) groups is 1. The highest BCUT2D eigenvalue weighted by Crippen LogP contribution is 2.26. The van der Waals surface area contributed by atoms with E-state index >= 15 is 0 Å². The summed E-state index contributed by atoms with van der Waals surface area (Å²) in [4.78, 5) is 4.57. The van der Waals surface area contributed by atoms with E-state index in [-0.39, 0.29) is 6.10 Å². The van der Waals surface area contributed by atoms with Crippen LogP contribution in [0.5, 0.6) is 11.5 Å². The lowest BCUT2D eigenvalue weighted by atomic mass is 10.3. The molecule has 0 aliphatic heterocycles. The zero-order chi connectivity index (χ0) is 16.2. The number of methoxy groups -OCH3 is 1. The maximum atomic E-state index is 5.90. The zero-order valence-electron chi connectivity index (χ0n) is 14.2. The molecule has 22 heavy (non-hydrogen) atoms. The van der Waals surface area contributed by atoms with Gasteiger partial charge in [-0.1, -0.05) is 25.5 Å². The third kappa shape index (κ3) is 6.70. The van der Waals surface area contributed by atoms with Gasteiger partial charge in [0.2, 0.25) is 0 Å². The van der Waals surface area contributed by atoms with Crippen molar-refractivity contribution in [2.45, 2.75) is 39.7 Å². The van der Waals surface area contributed by atoms with E-state index in [0.29, 0.717) is 6.54 Å². The number of guanidine groups is 1. The number of nitrogens with one attached hydrogen (secondary N) is 2. The van der Waals surface area contributed by atoms with Gasteiger partial charge in [-0.15, -0.1) is 0 Å². The molecule has 1 unspecified atom stereocenters. The van der Waals surface area contributed by atoms with Crippen molar-refractivity contribution in [3.8, 4) is 11.5 Å². The molecule has 1 atom stereocenters. The van der Waals surface area contributed by atoms with Gasteiger partial charge in [0.1, 0.15) is 6.10 Å². The van der Waals surface area contributed by atoms with Gasteiger partial charge < -0.3 is 20.1 Å². The van der Waals surface area contributed by atoms with Crippen LogP contribution in [0.1, 0.15) is 33.6 Å². The molecular formula is C17H29N3O2. The Hall–Kier alpha value is -1.91. The molecule has 5 heteroatoms. The van der Waals surface area contributed by atoms with Crippen molar-refractivity contribution < 1.29 is 9.47 Å². The molecule has 1 rings (SSSR count). The van der Waals surface area contributed by atoms with E-state index in [2.05, 4.69) is 29.5 Å². The average molecular weight is 307 g/mol. The molecule has 2 N–H and O–H groups in total. The minimum absolute atomic E-state index is 0.0297. The standard InChI is InChI=1S/C17H29N3O2/c1-5-7-12-19-17(18-6-2)20-13-14(3)22-16-11-9-8-10-15(16)21-4/h8-11,14H,5-7,12-13H2,1-4H3,(H2,18,19,20). The highest BCUT2D eigenvalue weighted by molar-refractivity contribution is 5.79. The fraction of sp³-hybridized carbons (Fsp3) is 0.588. The Balaban J connectivity index is 2.53. The molecule has 0 aliphatic carbocycles. The normalized spacial score (nSPS) is 12.6. The fourth-order valence-electron chi connectivity index (χ4n) is 1.92. The van der Waals surface area contributed by atoms with Crippen molar-refractivity contribution in [2.75, 3.05) is 26.7 Å². The van der Waals surface area contributed by atoms with Crippen LogP contribution in [0.2, 0.25) is 0 Å². The summed E-state index contributed by atoms with van der Waals surface area (Å²) in [6.45, 7) is 8.61.